The van der Waals surface area contributed by atoms with Gasteiger partial charge in [-0.3, -0.25) is 0 Å². The minimum absolute atomic E-state index is 0.106. The summed E-state index contributed by atoms with van der Waals surface area (Å²) in [7, 11) is 0. The van der Waals surface area contributed by atoms with Crippen molar-refractivity contribution in [2.45, 2.75) is 25.9 Å². The summed E-state index contributed by atoms with van der Waals surface area (Å²) in [4.78, 5) is 0. The zero-order valence-electron chi connectivity index (χ0n) is 18.4. The molecule has 1 aliphatic rings. The van der Waals surface area contributed by atoms with Crippen molar-refractivity contribution in [3.05, 3.63) is 103 Å². The van der Waals surface area contributed by atoms with E-state index in [-0.39, 0.29) is 23.2 Å². The summed E-state index contributed by atoms with van der Waals surface area (Å²) in [5.41, 5.74) is 2.49. The molecule has 2 atom stereocenters. The molecule has 1 fully saturated rings. The summed E-state index contributed by atoms with van der Waals surface area (Å²) >= 11 is 0. The van der Waals surface area contributed by atoms with Crippen molar-refractivity contribution in [3.8, 4) is 28.0 Å². The van der Waals surface area contributed by atoms with E-state index in [0.717, 1.165) is 18.4 Å². The molecule has 2 unspecified atom stereocenters. The lowest BCUT2D eigenvalue weighted by Gasteiger charge is -2.27. The second-order valence-corrected chi connectivity index (χ2v) is 8.04. The van der Waals surface area contributed by atoms with Crippen LogP contribution in [0.3, 0.4) is 0 Å². The van der Waals surface area contributed by atoms with Gasteiger partial charge in [-0.15, -0.1) is 6.58 Å². The maximum Gasteiger partial charge on any atom is 0.201 e. The predicted molar refractivity (Wildman–Crippen MR) is 124 cm³/mol. The van der Waals surface area contributed by atoms with Crippen LogP contribution in [0.5, 0.6) is 5.75 Å². The highest BCUT2D eigenvalue weighted by Gasteiger charge is 2.22. The second kappa shape index (κ2) is 10.1. The smallest absolute Gasteiger partial charge is 0.201 e. The Labute approximate surface area is 192 Å². The lowest BCUT2D eigenvalue weighted by molar-refractivity contribution is -0.00528. The summed E-state index contributed by atoms with van der Waals surface area (Å²) in [5.74, 6) is -2.24. The van der Waals surface area contributed by atoms with Crippen LogP contribution >= 0.6 is 0 Å². The first-order chi connectivity index (χ1) is 16.0. The van der Waals surface area contributed by atoms with E-state index >= 15 is 0 Å². The average molecular weight is 451 g/mol. The Morgan fingerprint density at radius 1 is 0.909 bits per heavy atom. The Balaban J connectivity index is 1.54. The van der Waals surface area contributed by atoms with Crippen molar-refractivity contribution >= 4 is 0 Å². The van der Waals surface area contributed by atoms with Gasteiger partial charge in [0, 0.05) is 17.0 Å². The molecule has 3 aromatic rings. The molecular formula is C28H25F3O2. The maximum atomic E-state index is 14.9. The van der Waals surface area contributed by atoms with E-state index in [9.17, 15) is 13.2 Å². The number of benzene rings is 3. The van der Waals surface area contributed by atoms with Gasteiger partial charge in [0.2, 0.25) is 5.82 Å². The van der Waals surface area contributed by atoms with Crippen LogP contribution in [0, 0.1) is 23.4 Å². The molecule has 170 valence electrons. The highest BCUT2D eigenvalue weighted by molar-refractivity contribution is 5.71. The van der Waals surface area contributed by atoms with Crippen LogP contribution in [0.25, 0.3) is 22.3 Å². The van der Waals surface area contributed by atoms with E-state index in [1.54, 1.807) is 43.3 Å². The Morgan fingerprint density at radius 3 is 2.21 bits per heavy atom. The first kappa shape index (κ1) is 22.9. The lowest BCUT2D eigenvalue weighted by Crippen LogP contribution is -2.19. The Hall–Kier alpha value is -3.31. The molecule has 1 saturated heterocycles. The van der Waals surface area contributed by atoms with E-state index in [4.69, 9.17) is 9.47 Å². The number of hydrogen-bond acceptors (Lipinski definition) is 2. The number of rotatable bonds is 6. The van der Waals surface area contributed by atoms with Gasteiger partial charge >= 0.3 is 0 Å². The second-order valence-electron chi connectivity index (χ2n) is 8.04. The van der Waals surface area contributed by atoms with E-state index in [0.29, 0.717) is 29.2 Å². The van der Waals surface area contributed by atoms with E-state index in [1.165, 1.54) is 24.5 Å². The molecule has 0 aromatic heterocycles. The highest BCUT2D eigenvalue weighted by Crippen LogP contribution is 2.35. The van der Waals surface area contributed by atoms with E-state index < -0.39 is 11.6 Å². The zero-order chi connectivity index (χ0) is 23.4. The molecule has 0 spiro atoms. The summed E-state index contributed by atoms with van der Waals surface area (Å²) in [6.07, 6.45) is 6.43. The quantitative estimate of drug-likeness (QED) is 0.280. The third-order valence-corrected chi connectivity index (χ3v) is 5.89. The van der Waals surface area contributed by atoms with Crippen LogP contribution in [0.1, 0.15) is 31.4 Å². The summed E-state index contributed by atoms with van der Waals surface area (Å²) in [6, 6.07) is 14.6. The molecule has 0 amide bonds. The highest BCUT2D eigenvalue weighted by atomic mass is 19.2. The number of halogens is 3. The minimum atomic E-state index is -1.05. The zero-order valence-corrected chi connectivity index (χ0v) is 18.4. The molecule has 1 aliphatic heterocycles. The number of hydrogen-bond donors (Lipinski definition) is 0. The Kier molecular flexibility index (Phi) is 6.99. The maximum absolute atomic E-state index is 14.9. The fourth-order valence-electron chi connectivity index (χ4n) is 4.00. The minimum Gasteiger partial charge on any atom is -0.462 e. The fourth-order valence-corrected chi connectivity index (χ4v) is 4.00. The largest absolute Gasteiger partial charge is 0.462 e. The first-order valence-electron chi connectivity index (χ1n) is 10.9. The van der Waals surface area contributed by atoms with Crippen LogP contribution in [0.4, 0.5) is 13.2 Å². The molecule has 1 heterocycles. The molecule has 2 nitrogen and oxygen atoms in total. The van der Waals surface area contributed by atoms with E-state index in [2.05, 4.69) is 6.58 Å². The van der Waals surface area contributed by atoms with Gasteiger partial charge in [0.1, 0.15) is 5.82 Å². The first-order valence-corrected chi connectivity index (χ1v) is 10.9. The lowest BCUT2D eigenvalue weighted by atomic mass is 9.93. The monoisotopic (exact) mass is 450 g/mol. The molecule has 0 radical (unpaired) electrons. The number of allylic oxidation sites excluding steroid dienone is 1. The molecule has 4 rings (SSSR count). The molecule has 5 heteroatoms. The van der Waals surface area contributed by atoms with Gasteiger partial charge < -0.3 is 9.47 Å². The summed E-state index contributed by atoms with van der Waals surface area (Å²) in [6.45, 7) is 6.11. The molecule has 0 bridgehead atoms. The van der Waals surface area contributed by atoms with Gasteiger partial charge in [-0.1, -0.05) is 48.6 Å². The van der Waals surface area contributed by atoms with E-state index in [1.807, 2.05) is 12.1 Å². The van der Waals surface area contributed by atoms with Crippen molar-refractivity contribution in [1.29, 1.82) is 0 Å². The molecule has 0 N–H and O–H groups in total. The molecular weight excluding hydrogens is 425 g/mol. The van der Waals surface area contributed by atoms with Gasteiger partial charge in [0.25, 0.3) is 0 Å². The average Bonchev–Trinajstić information content (AvgIpc) is 2.85. The normalized spacial score (nSPS) is 18.4. The summed E-state index contributed by atoms with van der Waals surface area (Å²) < 4.78 is 54.7. The molecule has 3 aromatic carbocycles. The van der Waals surface area contributed by atoms with Crippen molar-refractivity contribution in [1.82, 2.24) is 0 Å². The SMILES string of the molecule is C=CC1CCC(c2ccc(-c3ccc(-c4ccc(O/C=C\C)c(F)c4F)cc3)c(F)c2)OC1. The van der Waals surface area contributed by atoms with Gasteiger partial charge in [-0.2, -0.15) is 4.39 Å². The third-order valence-electron chi connectivity index (χ3n) is 5.89. The van der Waals surface area contributed by atoms with Crippen molar-refractivity contribution in [3.63, 3.8) is 0 Å². The Morgan fingerprint density at radius 2 is 1.61 bits per heavy atom. The Bertz CT molecular complexity index is 1160. The standard InChI is InChI=1S/C28H25F3O2/c1-3-15-32-26-14-12-23(27(30)28(26)31)20-8-6-19(7-9-20)22-11-10-21(16-24(22)29)25-13-5-18(4-2)17-33-25/h3-4,6-12,14-16,18,25H,2,5,13,17H2,1H3/b15-3-. The fraction of sp³-hybridized carbons (Fsp3) is 0.214. The molecule has 0 saturated carbocycles. The van der Waals surface area contributed by atoms with Crippen LogP contribution in [-0.2, 0) is 4.74 Å². The van der Waals surface area contributed by atoms with Gasteiger partial charge in [0.15, 0.2) is 11.6 Å². The van der Waals surface area contributed by atoms with Crippen LogP contribution in [-0.4, -0.2) is 6.61 Å². The number of ether oxygens (including phenoxy) is 2. The van der Waals surface area contributed by atoms with Crippen molar-refractivity contribution < 1.29 is 22.6 Å². The topological polar surface area (TPSA) is 18.5 Å². The van der Waals surface area contributed by atoms with Crippen molar-refractivity contribution in [2.75, 3.05) is 6.61 Å². The van der Waals surface area contributed by atoms with Crippen molar-refractivity contribution in [2.24, 2.45) is 5.92 Å². The van der Waals surface area contributed by atoms with Crippen LogP contribution in [0.2, 0.25) is 0 Å². The molecule has 0 aliphatic carbocycles. The van der Waals surface area contributed by atoms with Gasteiger partial charge in [-0.25, -0.2) is 8.78 Å². The summed E-state index contributed by atoms with van der Waals surface area (Å²) in [5, 5.41) is 0. The van der Waals surface area contributed by atoms with Crippen LogP contribution in [0.15, 0.2) is 79.6 Å². The van der Waals surface area contributed by atoms with Gasteiger partial charge in [-0.05, 0) is 54.7 Å². The van der Waals surface area contributed by atoms with Crippen LogP contribution < -0.4 is 4.74 Å². The predicted octanol–water partition coefficient (Wildman–Crippen LogP) is 8.00. The third kappa shape index (κ3) is 4.88. The molecule has 33 heavy (non-hydrogen) atoms. The van der Waals surface area contributed by atoms with Gasteiger partial charge in [0.05, 0.1) is 19.0 Å².